The molecule has 1 aliphatic heterocycles. The van der Waals surface area contributed by atoms with Crippen LogP contribution in [0.2, 0.25) is 5.15 Å². The fourth-order valence-electron chi connectivity index (χ4n) is 2.28. The minimum Gasteiger partial charge on any atom is -0.381 e. The Balaban J connectivity index is 2.41. The second-order valence-corrected chi connectivity index (χ2v) is 4.80. The lowest BCUT2D eigenvalue weighted by atomic mass is 9.93. The first-order valence-corrected chi connectivity index (χ1v) is 6.17. The molecule has 0 amide bonds. The van der Waals surface area contributed by atoms with Crippen molar-refractivity contribution in [2.45, 2.75) is 25.8 Å². The van der Waals surface area contributed by atoms with E-state index in [1.54, 1.807) is 6.92 Å². The van der Waals surface area contributed by atoms with Crippen molar-refractivity contribution in [3.05, 3.63) is 31.8 Å². The summed E-state index contributed by atoms with van der Waals surface area (Å²) in [5, 5.41) is -0.541. The highest BCUT2D eigenvalue weighted by Crippen LogP contribution is 2.25. The summed E-state index contributed by atoms with van der Waals surface area (Å²) in [6.07, 6.45) is 1.49. The minimum absolute atomic E-state index is 0.123. The Hall–Kier alpha value is -1.14. The van der Waals surface area contributed by atoms with Crippen molar-refractivity contribution < 1.29 is 9.13 Å². The van der Waals surface area contributed by atoms with Gasteiger partial charge in [-0.05, 0) is 25.7 Å². The van der Waals surface area contributed by atoms with E-state index in [4.69, 9.17) is 16.3 Å². The first kappa shape index (κ1) is 13.3. The number of H-pyrrole nitrogens is 1. The van der Waals surface area contributed by atoms with Crippen molar-refractivity contribution in [2.24, 2.45) is 5.92 Å². The molecule has 1 fully saturated rings. The molecule has 1 aromatic rings. The second kappa shape index (κ2) is 5.24. The quantitative estimate of drug-likeness (QED) is 0.829. The van der Waals surface area contributed by atoms with Crippen LogP contribution in [-0.4, -0.2) is 22.8 Å². The molecule has 0 bridgehead atoms. The van der Waals surface area contributed by atoms with Gasteiger partial charge in [-0.25, -0.2) is 4.79 Å². The Labute approximate surface area is 108 Å². The molecule has 7 heteroatoms. The number of aromatic nitrogens is 2. The molecule has 2 rings (SSSR count). The Morgan fingerprint density at radius 1 is 1.44 bits per heavy atom. The number of hydrogen-bond donors (Lipinski definition) is 1. The van der Waals surface area contributed by atoms with Crippen LogP contribution in [0.15, 0.2) is 9.59 Å². The van der Waals surface area contributed by atoms with E-state index in [0.29, 0.717) is 13.2 Å². The van der Waals surface area contributed by atoms with Gasteiger partial charge in [0.1, 0.15) is 0 Å². The van der Waals surface area contributed by atoms with Gasteiger partial charge in [0.2, 0.25) is 5.82 Å². The molecule has 0 aromatic carbocycles. The van der Waals surface area contributed by atoms with Crippen LogP contribution in [0.25, 0.3) is 0 Å². The highest BCUT2D eigenvalue weighted by Gasteiger charge is 2.25. The number of ether oxygens (including phenoxy) is 1. The van der Waals surface area contributed by atoms with Crippen LogP contribution < -0.4 is 11.2 Å². The number of hydrogen-bond acceptors (Lipinski definition) is 3. The molecule has 1 aliphatic rings. The summed E-state index contributed by atoms with van der Waals surface area (Å²) in [6, 6.07) is -0.378. The van der Waals surface area contributed by atoms with Crippen molar-refractivity contribution in [3.63, 3.8) is 0 Å². The number of halogens is 2. The van der Waals surface area contributed by atoms with Gasteiger partial charge in [0.15, 0.2) is 5.15 Å². The predicted octanol–water partition coefficient (Wildman–Crippen LogP) is 1.32. The number of nitrogens with one attached hydrogen (secondary N) is 1. The zero-order valence-corrected chi connectivity index (χ0v) is 10.7. The van der Waals surface area contributed by atoms with E-state index in [1.165, 1.54) is 0 Å². The third-order valence-electron chi connectivity index (χ3n) is 3.39. The molecular formula is C11H14ClFN2O3. The predicted molar refractivity (Wildman–Crippen MR) is 64.5 cm³/mol. The molecule has 1 N–H and O–H groups in total. The summed E-state index contributed by atoms with van der Waals surface area (Å²) in [7, 11) is 0. The molecule has 1 saturated heterocycles. The maximum atomic E-state index is 13.4. The van der Waals surface area contributed by atoms with Crippen LogP contribution in [0, 0.1) is 11.7 Å². The van der Waals surface area contributed by atoms with E-state index >= 15 is 0 Å². The smallest absolute Gasteiger partial charge is 0.329 e. The highest BCUT2D eigenvalue weighted by molar-refractivity contribution is 6.29. The first-order valence-electron chi connectivity index (χ1n) is 5.80. The van der Waals surface area contributed by atoms with Crippen LogP contribution in [0.4, 0.5) is 4.39 Å². The number of rotatable bonds is 2. The zero-order valence-electron chi connectivity index (χ0n) is 9.91. The van der Waals surface area contributed by atoms with Gasteiger partial charge >= 0.3 is 5.69 Å². The summed E-state index contributed by atoms with van der Waals surface area (Å²) in [5.74, 6) is -0.992. The third-order valence-corrected chi connectivity index (χ3v) is 3.65. The van der Waals surface area contributed by atoms with Gasteiger partial charge in [-0.2, -0.15) is 4.39 Å². The van der Waals surface area contributed by atoms with Crippen LogP contribution in [0.5, 0.6) is 0 Å². The highest BCUT2D eigenvalue weighted by atomic mass is 35.5. The Morgan fingerprint density at radius 2 is 2.06 bits per heavy atom. The van der Waals surface area contributed by atoms with Crippen LogP contribution in [0.3, 0.4) is 0 Å². The van der Waals surface area contributed by atoms with Crippen LogP contribution in [-0.2, 0) is 4.74 Å². The van der Waals surface area contributed by atoms with E-state index < -0.39 is 22.2 Å². The lowest BCUT2D eigenvalue weighted by Gasteiger charge is -2.28. The molecule has 1 aromatic heterocycles. The normalized spacial score (nSPS) is 18.8. The van der Waals surface area contributed by atoms with Gasteiger partial charge < -0.3 is 4.74 Å². The molecule has 0 aliphatic carbocycles. The summed E-state index contributed by atoms with van der Waals surface area (Å²) in [4.78, 5) is 25.6. The Kier molecular flexibility index (Phi) is 3.87. The van der Waals surface area contributed by atoms with Crippen LogP contribution in [0.1, 0.15) is 25.8 Å². The average Bonchev–Trinajstić information content (AvgIpc) is 2.37. The van der Waals surface area contributed by atoms with Gasteiger partial charge in [-0.1, -0.05) is 11.6 Å². The van der Waals surface area contributed by atoms with Gasteiger partial charge in [-0.3, -0.25) is 14.3 Å². The fraction of sp³-hybridized carbons (Fsp3) is 0.636. The van der Waals surface area contributed by atoms with E-state index in [2.05, 4.69) is 4.98 Å². The lowest BCUT2D eigenvalue weighted by Crippen LogP contribution is -2.42. The summed E-state index contributed by atoms with van der Waals surface area (Å²) < 4.78 is 19.6. The topological polar surface area (TPSA) is 64.1 Å². The van der Waals surface area contributed by atoms with Crippen molar-refractivity contribution >= 4 is 11.6 Å². The number of nitrogens with zero attached hydrogens (tertiary/aromatic N) is 1. The maximum Gasteiger partial charge on any atom is 0.329 e. The molecule has 0 spiro atoms. The standard InChI is InChI=1S/C11H14ClFN2O3/c1-6(7-2-4-18-5-3-7)15-10(16)8(13)9(12)14-11(15)17/h6-7H,2-5H2,1H3,(H,14,17). The van der Waals surface area contributed by atoms with E-state index in [-0.39, 0.29) is 12.0 Å². The third kappa shape index (κ3) is 2.35. The minimum atomic E-state index is -1.12. The van der Waals surface area contributed by atoms with Crippen LogP contribution >= 0.6 is 11.6 Å². The monoisotopic (exact) mass is 276 g/mol. The number of aromatic amines is 1. The van der Waals surface area contributed by atoms with Gasteiger partial charge in [0.05, 0.1) is 0 Å². The van der Waals surface area contributed by atoms with Gasteiger partial charge in [0, 0.05) is 19.3 Å². The van der Waals surface area contributed by atoms with Crippen molar-refractivity contribution in [3.8, 4) is 0 Å². The molecule has 0 radical (unpaired) electrons. The lowest BCUT2D eigenvalue weighted by molar-refractivity contribution is 0.0500. The van der Waals surface area contributed by atoms with Crippen molar-refractivity contribution in [2.75, 3.05) is 13.2 Å². The Morgan fingerprint density at radius 3 is 2.67 bits per heavy atom. The molecular weight excluding hydrogens is 263 g/mol. The zero-order chi connectivity index (χ0) is 13.3. The molecule has 2 heterocycles. The first-order chi connectivity index (χ1) is 8.52. The van der Waals surface area contributed by atoms with Gasteiger partial charge in [-0.15, -0.1) is 0 Å². The molecule has 100 valence electrons. The van der Waals surface area contributed by atoms with Crippen molar-refractivity contribution in [1.29, 1.82) is 0 Å². The molecule has 0 saturated carbocycles. The molecule has 18 heavy (non-hydrogen) atoms. The summed E-state index contributed by atoms with van der Waals surface area (Å²) >= 11 is 5.42. The fourth-order valence-corrected chi connectivity index (χ4v) is 2.44. The molecule has 1 unspecified atom stereocenters. The summed E-state index contributed by atoms with van der Waals surface area (Å²) in [5.41, 5.74) is -1.65. The molecule has 1 atom stereocenters. The Bertz CT molecular complexity index is 548. The summed E-state index contributed by atoms with van der Waals surface area (Å²) in [6.45, 7) is 2.93. The molecule has 5 nitrogen and oxygen atoms in total. The van der Waals surface area contributed by atoms with Crippen molar-refractivity contribution in [1.82, 2.24) is 9.55 Å². The van der Waals surface area contributed by atoms with E-state index in [1.807, 2.05) is 0 Å². The second-order valence-electron chi connectivity index (χ2n) is 4.42. The van der Waals surface area contributed by atoms with E-state index in [0.717, 1.165) is 17.4 Å². The van der Waals surface area contributed by atoms with Gasteiger partial charge in [0.25, 0.3) is 5.56 Å². The average molecular weight is 277 g/mol. The largest absolute Gasteiger partial charge is 0.381 e. The SMILES string of the molecule is CC(C1CCOCC1)n1c(=O)[nH]c(Cl)c(F)c1=O. The maximum absolute atomic E-state index is 13.4. The van der Waals surface area contributed by atoms with E-state index in [9.17, 15) is 14.0 Å².